The minimum atomic E-state index is -3.00. The summed E-state index contributed by atoms with van der Waals surface area (Å²) >= 11 is 0. The molecule has 2 aromatic rings. The van der Waals surface area contributed by atoms with Crippen molar-refractivity contribution in [2.24, 2.45) is 5.92 Å². The second-order valence-corrected chi connectivity index (χ2v) is 7.76. The summed E-state index contributed by atoms with van der Waals surface area (Å²) in [6, 6.07) is 4.08. The fraction of sp³-hybridized carbons (Fsp3) is 0.357. The Balaban J connectivity index is 1.64. The Morgan fingerprint density at radius 3 is 2.91 bits per heavy atom. The second kappa shape index (κ2) is 6.07. The third-order valence-corrected chi connectivity index (χ3v) is 5.56. The number of amides is 1. The highest BCUT2D eigenvalue weighted by Crippen LogP contribution is 2.22. The number of fused-ring (bicyclic) bond motifs is 1. The van der Waals surface area contributed by atoms with Crippen molar-refractivity contribution >= 4 is 32.5 Å². The van der Waals surface area contributed by atoms with Crippen LogP contribution in [0.15, 0.2) is 24.5 Å². The first-order valence-electron chi connectivity index (χ1n) is 7.08. The van der Waals surface area contributed by atoms with E-state index in [9.17, 15) is 17.6 Å². The zero-order valence-electron chi connectivity index (χ0n) is 12.1. The molecular weight excluding hydrogens is 323 g/mol. The molecule has 1 unspecified atom stereocenters. The van der Waals surface area contributed by atoms with Crippen LogP contribution in [-0.2, 0) is 14.6 Å². The molecule has 2 N–H and O–H groups in total. The summed E-state index contributed by atoms with van der Waals surface area (Å²) in [6.45, 7) is 0. The Hall–Kier alpha value is -2.29. The maximum atomic E-state index is 13.3. The first-order valence-corrected chi connectivity index (χ1v) is 8.91. The molecule has 2 heterocycles. The predicted molar refractivity (Wildman–Crippen MR) is 82.6 cm³/mol. The van der Waals surface area contributed by atoms with E-state index in [1.807, 2.05) is 0 Å². The largest absolute Gasteiger partial charge is 0.281 e. The molecule has 3 rings (SSSR count). The van der Waals surface area contributed by atoms with Crippen LogP contribution in [0, 0.1) is 11.7 Å². The maximum Gasteiger partial charge on any atom is 0.238 e. The number of nitrogens with one attached hydrogen (secondary N) is 2. The molecule has 122 valence electrons. The van der Waals surface area contributed by atoms with Gasteiger partial charge in [0.2, 0.25) is 5.91 Å². The van der Waals surface area contributed by atoms with E-state index in [2.05, 4.69) is 20.8 Å². The van der Waals surface area contributed by atoms with Gasteiger partial charge in [0.25, 0.3) is 0 Å². The molecular formula is C14H15FN4O3S. The average molecular weight is 338 g/mol. The maximum absolute atomic E-state index is 13.3. The van der Waals surface area contributed by atoms with Crippen molar-refractivity contribution in [3.63, 3.8) is 0 Å². The molecule has 1 atom stereocenters. The van der Waals surface area contributed by atoms with E-state index >= 15 is 0 Å². The van der Waals surface area contributed by atoms with Gasteiger partial charge in [0.1, 0.15) is 12.1 Å². The molecule has 0 saturated carbocycles. The van der Waals surface area contributed by atoms with E-state index in [1.54, 1.807) is 0 Å². The van der Waals surface area contributed by atoms with Gasteiger partial charge in [-0.05, 0) is 30.5 Å². The highest BCUT2D eigenvalue weighted by atomic mass is 32.2. The number of carbonyl (C=O) groups is 1. The SMILES string of the molecule is O=C(CC1CCS(=O)(=O)C1)NNc1ncnc2ccc(F)cc12. The van der Waals surface area contributed by atoms with Crippen molar-refractivity contribution in [1.82, 2.24) is 15.4 Å². The number of hydrazine groups is 1. The standard InChI is InChI=1S/C14H15FN4O3S/c15-10-1-2-12-11(6-10)14(17-8-16-12)19-18-13(20)5-9-3-4-23(21,22)7-9/h1-2,6,8-9H,3-5,7H2,(H,18,20)(H,16,17,19). The summed E-state index contributed by atoms with van der Waals surface area (Å²) in [5, 5.41) is 0.441. The van der Waals surface area contributed by atoms with Crippen LogP contribution in [0.4, 0.5) is 10.2 Å². The third kappa shape index (κ3) is 3.73. The molecule has 1 saturated heterocycles. The average Bonchev–Trinajstić information content (AvgIpc) is 2.84. The van der Waals surface area contributed by atoms with Gasteiger partial charge >= 0.3 is 0 Å². The first-order chi connectivity index (χ1) is 10.9. The van der Waals surface area contributed by atoms with Crippen LogP contribution in [-0.4, -0.2) is 35.8 Å². The predicted octanol–water partition coefficient (Wildman–Crippen LogP) is 1.04. The summed E-state index contributed by atoms with van der Waals surface area (Å²) in [5.41, 5.74) is 5.65. The van der Waals surface area contributed by atoms with Crippen molar-refractivity contribution < 1.29 is 17.6 Å². The highest BCUT2D eigenvalue weighted by Gasteiger charge is 2.29. The number of carbonyl (C=O) groups excluding carboxylic acids is 1. The first kappa shape index (κ1) is 15.6. The number of hydrogen-bond acceptors (Lipinski definition) is 6. The molecule has 23 heavy (non-hydrogen) atoms. The second-order valence-electron chi connectivity index (χ2n) is 5.53. The summed E-state index contributed by atoms with van der Waals surface area (Å²) in [6.07, 6.45) is 1.92. The number of benzene rings is 1. The van der Waals surface area contributed by atoms with Crippen LogP contribution in [0.2, 0.25) is 0 Å². The lowest BCUT2D eigenvalue weighted by Gasteiger charge is -2.11. The van der Waals surface area contributed by atoms with Gasteiger partial charge in [-0.1, -0.05) is 0 Å². The van der Waals surface area contributed by atoms with Crippen molar-refractivity contribution in [3.05, 3.63) is 30.3 Å². The van der Waals surface area contributed by atoms with Gasteiger partial charge < -0.3 is 0 Å². The van der Waals surface area contributed by atoms with Gasteiger partial charge in [0.05, 0.1) is 17.0 Å². The zero-order chi connectivity index (χ0) is 16.4. The zero-order valence-corrected chi connectivity index (χ0v) is 12.9. The van der Waals surface area contributed by atoms with Gasteiger partial charge in [-0.25, -0.2) is 22.8 Å². The Bertz CT molecular complexity index is 856. The normalized spacial score (nSPS) is 19.6. The minimum absolute atomic E-state index is 0.0437. The summed E-state index contributed by atoms with van der Waals surface area (Å²) in [4.78, 5) is 19.9. The van der Waals surface area contributed by atoms with Crippen LogP contribution in [0.3, 0.4) is 0 Å². The summed E-state index contributed by atoms with van der Waals surface area (Å²) in [7, 11) is -3.00. The minimum Gasteiger partial charge on any atom is -0.281 e. The molecule has 0 spiro atoms. The van der Waals surface area contributed by atoms with Crippen molar-refractivity contribution in [2.45, 2.75) is 12.8 Å². The Kier molecular flexibility index (Phi) is 4.12. The molecule has 0 bridgehead atoms. The number of halogens is 1. The van der Waals surface area contributed by atoms with Crippen LogP contribution >= 0.6 is 0 Å². The quantitative estimate of drug-likeness (QED) is 0.808. The topological polar surface area (TPSA) is 101 Å². The van der Waals surface area contributed by atoms with Gasteiger partial charge in [0, 0.05) is 11.8 Å². The lowest BCUT2D eigenvalue weighted by atomic mass is 10.1. The number of anilines is 1. The van der Waals surface area contributed by atoms with Crippen LogP contribution in [0.5, 0.6) is 0 Å². The number of nitrogens with zero attached hydrogens (tertiary/aromatic N) is 2. The molecule has 9 heteroatoms. The highest BCUT2D eigenvalue weighted by molar-refractivity contribution is 7.91. The number of rotatable bonds is 4. The third-order valence-electron chi connectivity index (χ3n) is 3.72. The van der Waals surface area contributed by atoms with Crippen molar-refractivity contribution in [2.75, 3.05) is 16.9 Å². The van der Waals surface area contributed by atoms with E-state index in [-0.39, 0.29) is 35.6 Å². The van der Waals surface area contributed by atoms with Crippen LogP contribution < -0.4 is 10.9 Å². The molecule has 1 fully saturated rings. The van der Waals surface area contributed by atoms with Gasteiger partial charge in [-0.15, -0.1) is 0 Å². The molecule has 7 nitrogen and oxygen atoms in total. The lowest BCUT2D eigenvalue weighted by molar-refractivity contribution is -0.121. The fourth-order valence-electron chi connectivity index (χ4n) is 2.60. The Morgan fingerprint density at radius 2 is 2.17 bits per heavy atom. The van der Waals surface area contributed by atoms with E-state index in [1.165, 1.54) is 24.5 Å². The Morgan fingerprint density at radius 1 is 1.35 bits per heavy atom. The molecule has 0 aliphatic carbocycles. The molecule has 0 radical (unpaired) electrons. The summed E-state index contributed by atoms with van der Waals surface area (Å²) in [5.74, 6) is -0.479. The molecule has 1 aliphatic heterocycles. The molecule has 1 aliphatic rings. The fourth-order valence-corrected chi connectivity index (χ4v) is 4.47. The molecule has 1 aromatic heterocycles. The smallest absolute Gasteiger partial charge is 0.238 e. The lowest BCUT2D eigenvalue weighted by Crippen LogP contribution is -2.31. The van der Waals surface area contributed by atoms with Crippen molar-refractivity contribution in [1.29, 1.82) is 0 Å². The number of sulfone groups is 1. The summed E-state index contributed by atoms with van der Waals surface area (Å²) < 4.78 is 36.1. The van der Waals surface area contributed by atoms with E-state index < -0.39 is 15.7 Å². The van der Waals surface area contributed by atoms with Crippen molar-refractivity contribution in [3.8, 4) is 0 Å². The molecule has 1 amide bonds. The number of hydrogen-bond donors (Lipinski definition) is 2. The van der Waals surface area contributed by atoms with Gasteiger partial charge in [-0.2, -0.15) is 0 Å². The van der Waals surface area contributed by atoms with Gasteiger partial charge in [-0.3, -0.25) is 15.6 Å². The molecule has 1 aromatic carbocycles. The van der Waals surface area contributed by atoms with Gasteiger partial charge in [0.15, 0.2) is 15.7 Å². The van der Waals surface area contributed by atoms with Crippen LogP contribution in [0.1, 0.15) is 12.8 Å². The van der Waals surface area contributed by atoms with E-state index in [0.29, 0.717) is 17.3 Å². The van der Waals surface area contributed by atoms with E-state index in [4.69, 9.17) is 0 Å². The van der Waals surface area contributed by atoms with Crippen LogP contribution in [0.25, 0.3) is 10.9 Å². The number of aromatic nitrogens is 2. The Labute approximate surface area is 132 Å². The monoisotopic (exact) mass is 338 g/mol. The van der Waals surface area contributed by atoms with E-state index in [0.717, 1.165) is 0 Å².